The predicted molar refractivity (Wildman–Crippen MR) is 63.5 cm³/mol. The standard InChI is InChI=1S/C11H11F3N2O2S/c12-10-6-9(4-3-8(10)2-1-5-15)19(17,18)16-7-11(13)14/h3-4,6,11,16H,5,7,15H2. The van der Waals surface area contributed by atoms with Crippen LogP contribution in [0.3, 0.4) is 0 Å². The van der Waals surface area contributed by atoms with E-state index in [2.05, 4.69) is 11.8 Å². The molecule has 0 aromatic heterocycles. The van der Waals surface area contributed by atoms with E-state index in [1.54, 1.807) is 4.72 Å². The second-order valence-corrected chi connectivity index (χ2v) is 5.16. The zero-order valence-electron chi connectivity index (χ0n) is 9.66. The average Bonchev–Trinajstić information content (AvgIpc) is 2.35. The quantitative estimate of drug-likeness (QED) is 0.802. The first-order valence-corrected chi connectivity index (χ1v) is 6.61. The van der Waals surface area contributed by atoms with Crippen LogP contribution in [-0.4, -0.2) is 27.9 Å². The third-order valence-corrected chi connectivity index (χ3v) is 3.42. The molecule has 3 N–H and O–H groups in total. The number of rotatable bonds is 4. The summed E-state index contributed by atoms with van der Waals surface area (Å²) in [5.41, 5.74) is 5.10. The lowest BCUT2D eigenvalue weighted by Gasteiger charge is -2.06. The highest BCUT2D eigenvalue weighted by Crippen LogP contribution is 2.14. The molecule has 0 atom stereocenters. The third kappa shape index (κ3) is 4.55. The maximum atomic E-state index is 13.5. The van der Waals surface area contributed by atoms with Crippen LogP contribution in [0.25, 0.3) is 0 Å². The maximum Gasteiger partial charge on any atom is 0.251 e. The normalized spacial score (nSPS) is 11.2. The minimum absolute atomic E-state index is 0.0155. The molecule has 0 fully saturated rings. The molecule has 1 aromatic rings. The van der Waals surface area contributed by atoms with Crippen LogP contribution in [-0.2, 0) is 10.0 Å². The average molecular weight is 292 g/mol. The summed E-state index contributed by atoms with van der Waals surface area (Å²) < 4.78 is 62.1. The Balaban J connectivity index is 3.00. The molecule has 0 saturated heterocycles. The topological polar surface area (TPSA) is 72.2 Å². The predicted octanol–water partition coefficient (Wildman–Crippen LogP) is 0.679. The molecule has 0 radical (unpaired) electrons. The Morgan fingerprint density at radius 2 is 2.05 bits per heavy atom. The van der Waals surface area contributed by atoms with Gasteiger partial charge < -0.3 is 5.73 Å². The van der Waals surface area contributed by atoms with Crippen molar-refractivity contribution < 1.29 is 21.6 Å². The Kier molecular flexibility index (Phi) is 5.35. The molecule has 1 aromatic carbocycles. The lowest BCUT2D eigenvalue weighted by molar-refractivity contribution is 0.153. The van der Waals surface area contributed by atoms with Crippen LogP contribution in [0.1, 0.15) is 5.56 Å². The fourth-order valence-corrected chi connectivity index (χ4v) is 2.18. The molecule has 19 heavy (non-hydrogen) atoms. The van der Waals surface area contributed by atoms with E-state index in [9.17, 15) is 21.6 Å². The van der Waals surface area contributed by atoms with Gasteiger partial charge in [-0.25, -0.2) is 26.3 Å². The van der Waals surface area contributed by atoms with E-state index in [0.29, 0.717) is 6.07 Å². The molecule has 8 heteroatoms. The Morgan fingerprint density at radius 1 is 1.37 bits per heavy atom. The van der Waals surface area contributed by atoms with E-state index in [0.717, 1.165) is 12.1 Å². The van der Waals surface area contributed by atoms with E-state index in [1.165, 1.54) is 0 Å². The van der Waals surface area contributed by atoms with Crippen molar-refractivity contribution in [3.8, 4) is 11.8 Å². The summed E-state index contributed by atoms with van der Waals surface area (Å²) in [4.78, 5) is -0.441. The maximum absolute atomic E-state index is 13.5. The SMILES string of the molecule is NCC#Cc1ccc(S(=O)(=O)NCC(F)F)cc1F. The van der Waals surface area contributed by atoms with Gasteiger partial charge in [-0.15, -0.1) is 0 Å². The molecule has 0 saturated carbocycles. The highest BCUT2D eigenvalue weighted by Gasteiger charge is 2.17. The number of hydrogen-bond acceptors (Lipinski definition) is 3. The van der Waals surface area contributed by atoms with E-state index in [-0.39, 0.29) is 12.1 Å². The van der Waals surface area contributed by atoms with Crippen LogP contribution in [0.4, 0.5) is 13.2 Å². The van der Waals surface area contributed by atoms with Crippen molar-refractivity contribution in [1.82, 2.24) is 4.72 Å². The van der Waals surface area contributed by atoms with Gasteiger partial charge in [-0.3, -0.25) is 0 Å². The van der Waals surface area contributed by atoms with Crippen molar-refractivity contribution >= 4 is 10.0 Å². The van der Waals surface area contributed by atoms with Crippen LogP contribution in [0, 0.1) is 17.7 Å². The zero-order chi connectivity index (χ0) is 14.5. The molecule has 0 aliphatic rings. The van der Waals surface area contributed by atoms with Crippen molar-refractivity contribution in [3.05, 3.63) is 29.6 Å². The minimum Gasteiger partial charge on any atom is -0.320 e. The van der Waals surface area contributed by atoms with E-state index in [1.807, 2.05) is 0 Å². The summed E-state index contributed by atoms with van der Waals surface area (Å²) in [5.74, 6) is 3.97. The second-order valence-electron chi connectivity index (χ2n) is 3.39. The molecule has 0 heterocycles. The fraction of sp³-hybridized carbons (Fsp3) is 0.273. The van der Waals surface area contributed by atoms with Crippen molar-refractivity contribution in [3.63, 3.8) is 0 Å². The van der Waals surface area contributed by atoms with E-state index < -0.39 is 33.7 Å². The van der Waals surface area contributed by atoms with Crippen LogP contribution < -0.4 is 10.5 Å². The van der Waals surface area contributed by atoms with Gasteiger partial charge in [0.05, 0.1) is 23.5 Å². The summed E-state index contributed by atoms with van der Waals surface area (Å²) in [6.45, 7) is -0.992. The highest BCUT2D eigenvalue weighted by atomic mass is 32.2. The number of nitrogens with one attached hydrogen (secondary N) is 1. The van der Waals surface area contributed by atoms with E-state index >= 15 is 0 Å². The molecule has 0 aliphatic heterocycles. The first kappa shape index (κ1) is 15.5. The molecule has 4 nitrogen and oxygen atoms in total. The van der Waals surface area contributed by atoms with Crippen molar-refractivity contribution in [2.75, 3.05) is 13.1 Å². The fourth-order valence-electron chi connectivity index (χ4n) is 1.17. The van der Waals surface area contributed by atoms with Gasteiger partial charge in [-0.2, -0.15) is 0 Å². The Bertz CT molecular complexity index is 606. The molecule has 0 aliphatic carbocycles. The van der Waals surface area contributed by atoms with Gasteiger partial charge in [0.25, 0.3) is 6.43 Å². The van der Waals surface area contributed by atoms with Gasteiger partial charge >= 0.3 is 0 Å². The van der Waals surface area contributed by atoms with Gasteiger partial charge in [-0.1, -0.05) is 11.8 Å². The molecule has 104 valence electrons. The summed E-state index contributed by atoms with van der Waals surface area (Å²) >= 11 is 0. The van der Waals surface area contributed by atoms with Crippen molar-refractivity contribution in [1.29, 1.82) is 0 Å². The second kappa shape index (κ2) is 6.56. The van der Waals surface area contributed by atoms with E-state index in [4.69, 9.17) is 5.73 Å². The van der Waals surface area contributed by atoms with Crippen LogP contribution in [0.2, 0.25) is 0 Å². The Labute approximate surface area is 108 Å². The van der Waals surface area contributed by atoms with Gasteiger partial charge in [0.15, 0.2) is 0 Å². The Morgan fingerprint density at radius 3 is 2.58 bits per heavy atom. The largest absolute Gasteiger partial charge is 0.320 e. The number of hydrogen-bond donors (Lipinski definition) is 2. The van der Waals surface area contributed by atoms with Gasteiger partial charge in [0.1, 0.15) is 5.82 Å². The van der Waals surface area contributed by atoms with Crippen molar-refractivity contribution in [2.45, 2.75) is 11.3 Å². The highest BCUT2D eigenvalue weighted by molar-refractivity contribution is 7.89. The Hall–Kier alpha value is -1.56. The molecule has 0 bridgehead atoms. The lowest BCUT2D eigenvalue weighted by atomic mass is 10.2. The number of alkyl halides is 2. The molecule has 1 rings (SSSR count). The summed E-state index contributed by atoms with van der Waals surface area (Å²) in [6.07, 6.45) is -2.82. The monoisotopic (exact) mass is 292 g/mol. The number of benzene rings is 1. The van der Waals surface area contributed by atoms with Crippen LogP contribution in [0.15, 0.2) is 23.1 Å². The number of halogens is 3. The summed E-state index contributed by atoms with van der Waals surface area (Å²) in [6, 6.07) is 2.95. The number of nitrogens with two attached hydrogens (primary N) is 1. The van der Waals surface area contributed by atoms with Crippen LogP contribution in [0.5, 0.6) is 0 Å². The number of sulfonamides is 1. The first-order chi connectivity index (χ1) is 8.86. The summed E-state index contributed by atoms with van der Waals surface area (Å²) in [7, 11) is -4.16. The smallest absolute Gasteiger partial charge is 0.251 e. The molecule has 0 amide bonds. The minimum atomic E-state index is -4.16. The molecule has 0 spiro atoms. The first-order valence-electron chi connectivity index (χ1n) is 5.13. The van der Waals surface area contributed by atoms with Gasteiger partial charge in [0.2, 0.25) is 10.0 Å². The molecular weight excluding hydrogens is 281 g/mol. The molecular formula is C11H11F3N2O2S. The third-order valence-electron chi connectivity index (χ3n) is 2.00. The van der Waals surface area contributed by atoms with Gasteiger partial charge in [0, 0.05) is 0 Å². The zero-order valence-corrected chi connectivity index (χ0v) is 10.5. The lowest BCUT2D eigenvalue weighted by Crippen LogP contribution is -2.28. The van der Waals surface area contributed by atoms with Gasteiger partial charge in [-0.05, 0) is 18.2 Å². The summed E-state index contributed by atoms with van der Waals surface area (Å²) in [5, 5.41) is 0. The molecule has 0 unspecified atom stereocenters. The van der Waals surface area contributed by atoms with Crippen LogP contribution >= 0.6 is 0 Å². The van der Waals surface area contributed by atoms with Crippen molar-refractivity contribution in [2.24, 2.45) is 5.73 Å².